The van der Waals surface area contributed by atoms with Crippen LogP contribution in [-0.2, 0) is 0 Å². The number of hydrogen-bond acceptors (Lipinski definition) is 6. The number of nitrogens with zero attached hydrogens (tertiary/aromatic N) is 2. The Hall–Kier alpha value is -3.42. The number of hydrazine groups is 1. The van der Waals surface area contributed by atoms with Crippen molar-refractivity contribution in [3.63, 3.8) is 0 Å². The number of nitrogens with one attached hydrogen (secondary N) is 3. The molecular weight excluding hydrogens is 378 g/mol. The van der Waals surface area contributed by atoms with E-state index in [1.165, 1.54) is 0 Å². The van der Waals surface area contributed by atoms with Gasteiger partial charge in [0.2, 0.25) is 0 Å². The summed E-state index contributed by atoms with van der Waals surface area (Å²) in [7, 11) is 1.63. The van der Waals surface area contributed by atoms with Crippen LogP contribution in [0.25, 0.3) is 0 Å². The molecule has 1 aromatic heterocycles. The van der Waals surface area contributed by atoms with Crippen molar-refractivity contribution in [2.45, 2.75) is 12.2 Å². The van der Waals surface area contributed by atoms with Crippen LogP contribution < -0.4 is 25.8 Å². The molecule has 2 aromatic carbocycles. The summed E-state index contributed by atoms with van der Waals surface area (Å²) in [6.45, 7) is 0.708. The highest BCUT2D eigenvalue weighted by Crippen LogP contribution is 2.37. The monoisotopic (exact) mass is 401 g/mol. The van der Waals surface area contributed by atoms with Crippen molar-refractivity contribution in [2.75, 3.05) is 23.9 Å². The van der Waals surface area contributed by atoms with Crippen LogP contribution in [0.5, 0.6) is 5.75 Å². The number of rotatable bonds is 4. The van der Waals surface area contributed by atoms with Gasteiger partial charge in [-0.3, -0.25) is 20.1 Å². The lowest BCUT2D eigenvalue weighted by Crippen LogP contribution is -2.54. The van der Waals surface area contributed by atoms with Gasteiger partial charge in [-0.05, 0) is 48.0 Å². The Morgan fingerprint density at radius 2 is 1.90 bits per heavy atom. The second-order valence-electron chi connectivity index (χ2n) is 7.46. The topological polar surface area (TPSA) is 78.5 Å². The molecule has 3 atom stereocenters. The number of carbonyl (C=O) groups is 1. The number of para-hydroxylation sites is 1. The molecule has 3 heterocycles. The van der Waals surface area contributed by atoms with Gasteiger partial charge >= 0.3 is 0 Å². The molecule has 5 rings (SSSR count). The lowest BCUT2D eigenvalue weighted by Gasteiger charge is -2.42. The van der Waals surface area contributed by atoms with Crippen LogP contribution in [0.2, 0.25) is 0 Å². The molecule has 1 amide bonds. The van der Waals surface area contributed by atoms with Gasteiger partial charge in [-0.1, -0.05) is 18.2 Å². The van der Waals surface area contributed by atoms with Crippen molar-refractivity contribution in [1.82, 2.24) is 15.8 Å². The molecule has 0 bridgehead atoms. The Morgan fingerprint density at radius 3 is 2.67 bits per heavy atom. The third kappa shape index (κ3) is 3.18. The minimum absolute atomic E-state index is 0.00927. The Morgan fingerprint density at radius 1 is 1.07 bits per heavy atom. The molecule has 0 radical (unpaired) electrons. The summed E-state index contributed by atoms with van der Waals surface area (Å²) in [5.41, 5.74) is 10.1. The first-order chi connectivity index (χ1) is 14.8. The van der Waals surface area contributed by atoms with E-state index < -0.39 is 0 Å². The summed E-state index contributed by atoms with van der Waals surface area (Å²) in [6, 6.07) is 19.3. The SMILES string of the molecule is COc1ccc(N2C(=O)c3ccccc3NC2C2CNNC2c2cccnc2)cc1. The second kappa shape index (κ2) is 7.78. The minimum Gasteiger partial charge on any atom is -0.497 e. The van der Waals surface area contributed by atoms with Gasteiger partial charge in [0.05, 0.1) is 18.7 Å². The van der Waals surface area contributed by atoms with E-state index in [1.807, 2.05) is 65.7 Å². The first kappa shape index (κ1) is 18.6. The molecule has 3 N–H and O–H groups in total. The maximum Gasteiger partial charge on any atom is 0.262 e. The van der Waals surface area contributed by atoms with Gasteiger partial charge in [0.15, 0.2) is 0 Å². The zero-order valence-corrected chi connectivity index (χ0v) is 16.6. The predicted molar refractivity (Wildman–Crippen MR) is 115 cm³/mol. The van der Waals surface area contributed by atoms with Crippen molar-refractivity contribution in [1.29, 1.82) is 0 Å². The lowest BCUT2D eigenvalue weighted by molar-refractivity contribution is 0.0965. The van der Waals surface area contributed by atoms with Gasteiger partial charge in [-0.15, -0.1) is 0 Å². The fourth-order valence-electron chi connectivity index (χ4n) is 4.29. The van der Waals surface area contributed by atoms with Crippen molar-refractivity contribution < 1.29 is 9.53 Å². The van der Waals surface area contributed by atoms with E-state index in [0.717, 1.165) is 22.7 Å². The number of aromatic nitrogens is 1. The van der Waals surface area contributed by atoms with Crippen LogP contribution in [0.1, 0.15) is 22.0 Å². The average Bonchev–Trinajstić information content (AvgIpc) is 3.30. The predicted octanol–water partition coefficient (Wildman–Crippen LogP) is 2.95. The van der Waals surface area contributed by atoms with Crippen LogP contribution in [0.4, 0.5) is 11.4 Å². The maximum absolute atomic E-state index is 13.6. The zero-order chi connectivity index (χ0) is 20.5. The molecule has 7 nitrogen and oxygen atoms in total. The highest BCUT2D eigenvalue weighted by Gasteiger charge is 2.43. The fourth-order valence-corrected chi connectivity index (χ4v) is 4.29. The lowest BCUT2D eigenvalue weighted by atomic mass is 9.90. The number of methoxy groups -OCH3 is 1. The van der Waals surface area contributed by atoms with E-state index in [9.17, 15) is 4.79 Å². The zero-order valence-electron chi connectivity index (χ0n) is 16.6. The fraction of sp³-hybridized carbons (Fsp3) is 0.217. The van der Waals surface area contributed by atoms with Gasteiger partial charge in [0.25, 0.3) is 5.91 Å². The molecule has 2 aliphatic heterocycles. The summed E-state index contributed by atoms with van der Waals surface area (Å²) >= 11 is 0. The number of ether oxygens (including phenoxy) is 1. The van der Waals surface area contributed by atoms with E-state index in [4.69, 9.17) is 4.74 Å². The first-order valence-corrected chi connectivity index (χ1v) is 9.98. The number of anilines is 2. The summed E-state index contributed by atoms with van der Waals surface area (Å²) in [4.78, 5) is 19.7. The molecule has 2 aliphatic rings. The maximum atomic E-state index is 13.6. The van der Waals surface area contributed by atoms with E-state index in [0.29, 0.717) is 12.1 Å². The normalized spacial score (nSPS) is 23.0. The van der Waals surface area contributed by atoms with E-state index >= 15 is 0 Å². The first-order valence-electron chi connectivity index (χ1n) is 9.98. The molecule has 7 heteroatoms. The number of fused-ring (bicyclic) bond motifs is 1. The Labute approximate surface area is 175 Å². The smallest absolute Gasteiger partial charge is 0.262 e. The number of amides is 1. The van der Waals surface area contributed by atoms with Crippen LogP contribution >= 0.6 is 0 Å². The molecule has 152 valence electrons. The highest BCUT2D eigenvalue weighted by molar-refractivity contribution is 6.12. The quantitative estimate of drug-likeness (QED) is 0.624. The number of carbonyl (C=O) groups excluding carboxylic acids is 1. The van der Waals surface area contributed by atoms with Crippen LogP contribution in [0.3, 0.4) is 0 Å². The van der Waals surface area contributed by atoms with Gasteiger partial charge in [-0.25, -0.2) is 5.43 Å². The van der Waals surface area contributed by atoms with Crippen molar-refractivity contribution in [2.24, 2.45) is 5.92 Å². The third-order valence-electron chi connectivity index (χ3n) is 5.78. The summed E-state index contributed by atoms with van der Waals surface area (Å²) < 4.78 is 5.30. The minimum atomic E-state index is -0.242. The third-order valence-corrected chi connectivity index (χ3v) is 5.78. The van der Waals surface area contributed by atoms with Crippen molar-refractivity contribution >= 4 is 17.3 Å². The molecule has 30 heavy (non-hydrogen) atoms. The molecular formula is C23H23N5O2. The van der Waals surface area contributed by atoms with E-state index in [2.05, 4.69) is 27.2 Å². The van der Waals surface area contributed by atoms with Gasteiger partial charge in [0.1, 0.15) is 11.9 Å². The number of hydrogen-bond donors (Lipinski definition) is 3. The van der Waals surface area contributed by atoms with Gasteiger partial charge in [-0.2, -0.15) is 0 Å². The van der Waals surface area contributed by atoms with Crippen LogP contribution in [0, 0.1) is 5.92 Å². The summed E-state index contributed by atoms with van der Waals surface area (Å²) in [5, 5.41) is 3.62. The summed E-state index contributed by atoms with van der Waals surface area (Å²) in [6.07, 6.45) is 3.39. The highest BCUT2D eigenvalue weighted by atomic mass is 16.5. The number of benzene rings is 2. The van der Waals surface area contributed by atoms with Crippen LogP contribution in [0.15, 0.2) is 73.1 Å². The van der Waals surface area contributed by atoms with Gasteiger partial charge in [0, 0.05) is 36.2 Å². The Kier molecular flexibility index (Phi) is 4.82. The standard InChI is InChI=1S/C23H23N5O2/c1-30-17-10-8-16(9-11-17)28-22(26-20-7-3-2-6-18(20)23(28)29)19-14-25-27-21(19)15-5-4-12-24-13-15/h2-13,19,21-22,25-27H,14H2,1H3. The van der Waals surface area contributed by atoms with Crippen LogP contribution in [-0.4, -0.2) is 30.7 Å². The molecule has 3 unspecified atom stereocenters. The molecule has 1 fully saturated rings. The molecule has 0 spiro atoms. The largest absolute Gasteiger partial charge is 0.497 e. The van der Waals surface area contributed by atoms with Crippen molar-refractivity contribution in [3.05, 3.63) is 84.2 Å². The average molecular weight is 401 g/mol. The molecule has 0 aliphatic carbocycles. The Bertz CT molecular complexity index is 1040. The molecule has 1 saturated heterocycles. The van der Waals surface area contributed by atoms with Crippen molar-refractivity contribution in [3.8, 4) is 5.75 Å². The van der Waals surface area contributed by atoms with E-state index in [-0.39, 0.29) is 24.0 Å². The second-order valence-corrected chi connectivity index (χ2v) is 7.46. The van der Waals surface area contributed by atoms with E-state index in [1.54, 1.807) is 13.3 Å². The Balaban J connectivity index is 1.57. The molecule has 0 saturated carbocycles. The summed E-state index contributed by atoms with van der Waals surface area (Å²) in [5.74, 6) is 0.815. The molecule has 3 aromatic rings. The number of pyridine rings is 1. The van der Waals surface area contributed by atoms with Gasteiger partial charge < -0.3 is 10.1 Å².